The van der Waals surface area contributed by atoms with Crippen molar-refractivity contribution in [2.45, 2.75) is 32.1 Å². The summed E-state index contributed by atoms with van der Waals surface area (Å²) < 4.78 is 30.3. The SMILES string of the molecule is CS(=O)(=O)N1CCCc2cc(C(=O)OCC(=O)N3CCCCC3)ccc21. The zero-order valence-electron chi connectivity index (χ0n) is 14.9. The maximum Gasteiger partial charge on any atom is 0.338 e. The number of likely N-dealkylation sites (tertiary alicyclic amines) is 1. The summed E-state index contributed by atoms with van der Waals surface area (Å²) in [5.41, 5.74) is 1.75. The van der Waals surface area contributed by atoms with Gasteiger partial charge < -0.3 is 9.64 Å². The molecule has 1 amide bonds. The number of nitrogens with zero attached hydrogens (tertiary/aromatic N) is 2. The quantitative estimate of drug-likeness (QED) is 0.741. The molecular weight excluding hydrogens is 356 g/mol. The van der Waals surface area contributed by atoms with Gasteiger partial charge in [-0.2, -0.15) is 0 Å². The normalized spacial score (nSPS) is 17.6. The Kier molecular flexibility index (Phi) is 5.50. The number of carbonyl (C=O) groups excluding carboxylic acids is 2. The van der Waals surface area contributed by atoms with Gasteiger partial charge in [-0.15, -0.1) is 0 Å². The Morgan fingerprint density at radius 3 is 2.50 bits per heavy atom. The number of ether oxygens (including phenoxy) is 1. The molecule has 0 saturated carbocycles. The van der Waals surface area contributed by atoms with E-state index in [1.165, 1.54) is 10.6 Å². The number of aryl methyl sites for hydroxylation is 1. The van der Waals surface area contributed by atoms with Crippen molar-refractivity contribution in [3.63, 3.8) is 0 Å². The second-order valence-corrected chi connectivity index (χ2v) is 8.71. The minimum atomic E-state index is -3.34. The number of rotatable bonds is 4. The van der Waals surface area contributed by atoms with Crippen LogP contribution in [0, 0.1) is 0 Å². The Hall–Kier alpha value is -2.09. The number of hydrogen-bond donors (Lipinski definition) is 0. The van der Waals surface area contributed by atoms with Crippen LogP contribution >= 0.6 is 0 Å². The van der Waals surface area contributed by atoms with Gasteiger partial charge in [0.05, 0.1) is 17.5 Å². The van der Waals surface area contributed by atoms with Crippen LogP contribution in [0.1, 0.15) is 41.6 Å². The monoisotopic (exact) mass is 380 g/mol. The summed E-state index contributed by atoms with van der Waals surface area (Å²) in [5.74, 6) is -0.728. The van der Waals surface area contributed by atoms with Crippen molar-refractivity contribution < 1.29 is 22.7 Å². The Labute approximate surface area is 154 Å². The summed E-state index contributed by atoms with van der Waals surface area (Å²) in [6.45, 7) is 1.62. The standard InChI is InChI=1S/C18H24N2O5S/c1-26(23,24)20-11-5-6-14-12-15(7-8-16(14)20)18(22)25-13-17(21)19-9-3-2-4-10-19/h7-8,12H,2-6,9-11,13H2,1H3. The number of esters is 1. The van der Waals surface area contributed by atoms with Gasteiger partial charge in [0.2, 0.25) is 10.0 Å². The highest BCUT2D eigenvalue weighted by molar-refractivity contribution is 7.92. The molecule has 1 fully saturated rings. The fraction of sp³-hybridized carbons (Fsp3) is 0.556. The lowest BCUT2D eigenvalue weighted by molar-refractivity contribution is -0.135. The van der Waals surface area contributed by atoms with Gasteiger partial charge >= 0.3 is 5.97 Å². The fourth-order valence-corrected chi connectivity index (χ4v) is 4.48. The molecule has 0 radical (unpaired) electrons. The zero-order valence-corrected chi connectivity index (χ0v) is 15.8. The molecule has 2 aliphatic heterocycles. The molecule has 0 atom stereocenters. The lowest BCUT2D eigenvalue weighted by Gasteiger charge is -2.29. The molecule has 0 aromatic heterocycles. The molecule has 3 rings (SSSR count). The first kappa shape index (κ1) is 18.7. The van der Waals surface area contributed by atoms with Crippen molar-refractivity contribution in [1.82, 2.24) is 4.90 Å². The van der Waals surface area contributed by atoms with E-state index in [1.807, 2.05) is 0 Å². The molecule has 0 unspecified atom stereocenters. The minimum absolute atomic E-state index is 0.167. The van der Waals surface area contributed by atoms with Crippen LogP contribution in [-0.2, 0) is 26.0 Å². The molecule has 26 heavy (non-hydrogen) atoms. The van der Waals surface area contributed by atoms with E-state index in [-0.39, 0.29) is 12.5 Å². The van der Waals surface area contributed by atoms with Gasteiger partial charge in [-0.3, -0.25) is 9.10 Å². The average molecular weight is 380 g/mol. The van der Waals surface area contributed by atoms with E-state index in [9.17, 15) is 18.0 Å². The van der Waals surface area contributed by atoms with Gasteiger partial charge in [0.1, 0.15) is 0 Å². The van der Waals surface area contributed by atoms with Crippen LogP contribution in [0.15, 0.2) is 18.2 Å². The molecule has 142 valence electrons. The molecule has 7 nitrogen and oxygen atoms in total. The number of hydrogen-bond acceptors (Lipinski definition) is 5. The van der Waals surface area contributed by atoms with Gasteiger partial charge in [0, 0.05) is 19.6 Å². The van der Waals surface area contributed by atoms with E-state index in [1.54, 1.807) is 23.1 Å². The van der Waals surface area contributed by atoms with Gasteiger partial charge in [-0.05, 0) is 55.9 Å². The maximum absolute atomic E-state index is 12.3. The highest BCUT2D eigenvalue weighted by Gasteiger charge is 2.25. The number of benzene rings is 1. The molecule has 0 spiro atoms. The summed E-state index contributed by atoms with van der Waals surface area (Å²) in [6.07, 6.45) is 5.68. The van der Waals surface area contributed by atoms with E-state index in [0.29, 0.717) is 30.6 Å². The van der Waals surface area contributed by atoms with Crippen molar-refractivity contribution in [2.75, 3.05) is 36.8 Å². The second-order valence-electron chi connectivity index (χ2n) is 6.80. The predicted molar refractivity (Wildman–Crippen MR) is 97.7 cm³/mol. The Bertz CT molecular complexity index is 800. The molecule has 1 aromatic carbocycles. The average Bonchev–Trinajstić information content (AvgIpc) is 2.64. The van der Waals surface area contributed by atoms with E-state index < -0.39 is 16.0 Å². The van der Waals surface area contributed by atoms with Crippen LogP contribution < -0.4 is 4.31 Å². The fourth-order valence-electron chi connectivity index (χ4n) is 3.48. The van der Waals surface area contributed by atoms with Crippen molar-refractivity contribution in [3.05, 3.63) is 29.3 Å². The molecule has 0 N–H and O–H groups in total. The number of anilines is 1. The highest BCUT2D eigenvalue weighted by Crippen LogP contribution is 2.30. The first-order chi connectivity index (χ1) is 12.4. The molecule has 0 bridgehead atoms. The van der Waals surface area contributed by atoms with Crippen LogP contribution in [0.5, 0.6) is 0 Å². The lowest BCUT2D eigenvalue weighted by atomic mass is 10.0. The summed E-state index contributed by atoms with van der Waals surface area (Å²) in [6, 6.07) is 4.86. The van der Waals surface area contributed by atoms with Crippen molar-refractivity contribution >= 4 is 27.6 Å². The predicted octanol–water partition coefficient (Wildman–Crippen LogP) is 1.57. The van der Waals surface area contributed by atoms with Crippen LogP contribution in [0.4, 0.5) is 5.69 Å². The first-order valence-electron chi connectivity index (χ1n) is 8.92. The van der Waals surface area contributed by atoms with Crippen molar-refractivity contribution in [1.29, 1.82) is 0 Å². The van der Waals surface area contributed by atoms with E-state index in [4.69, 9.17) is 4.74 Å². The van der Waals surface area contributed by atoms with E-state index in [2.05, 4.69) is 0 Å². The number of piperidine rings is 1. The number of fused-ring (bicyclic) bond motifs is 1. The van der Waals surface area contributed by atoms with E-state index >= 15 is 0 Å². The Balaban J connectivity index is 1.66. The first-order valence-corrected chi connectivity index (χ1v) is 10.8. The summed E-state index contributed by atoms with van der Waals surface area (Å²) in [5, 5.41) is 0. The maximum atomic E-state index is 12.3. The Morgan fingerprint density at radius 2 is 1.81 bits per heavy atom. The molecule has 0 aliphatic carbocycles. The number of carbonyl (C=O) groups is 2. The molecule has 2 aliphatic rings. The third-order valence-electron chi connectivity index (χ3n) is 4.83. The number of amides is 1. The summed E-state index contributed by atoms with van der Waals surface area (Å²) in [4.78, 5) is 26.1. The molecule has 8 heteroatoms. The smallest absolute Gasteiger partial charge is 0.338 e. The third kappa shape index (κ3) is 4.17. The van der Waals surface area contributed by atoms with Gasteiger partial charge in [0.15, 0.2) is 6.61 Å². The number of sulfonamides is 1. The molecule has 1 saturated heterocycles. The third-order valence-corrected chi connectivity index (χ3v) is 6.01. The minimum Gasteiger partial charge on any atom is -0.452 e. The summed E-state index contributed by atoms with van der Waals surface area (Å²) in [7, 11) is -3.34. The van der Waals surface area contributed by atoms with Gasteiger partial charge in [0.25, 0.3) is 5.91 Å². The van der Waals surface area contributed by atoms with Crippen LogP contribution in [0.2, 0.25) is 0 Å². The largest absolute Gasteiger partial charge is 0.452 e. The Morgan fingerprint density at radius 1 is 1.08 bits per heavy atom. The van der Waals surface area contributed by atoms with Crippen LogP contribution in [-0.4, -0.2) is 57.7 Å². The van der Waals surface area contributed by atoms with Gasteiger partial charge in [-0.1, -0.05) is 0 Å². The molecule has 1 aromatic rings. The lowest BCUT2D eigenvalue weighted by Crippen LogP contribution is -2.38. The van der Waals surface area contributed by atoms with Crippen LogP contribution in [0.25, 0.3) is 0 Å². The van der Waals surface area contributed by atoms with Gasteiger partial charge in [-0.25, -0.2) is 13.2 Å². The highest BCUT2D eigenvalue weighted by atomic mass is 32.2. The van der Waals surface area contributed by atoms with E-state index in [0.717, 1.165) is 37.9 Å². The second kappa shape index (κ2) is 7.65. The molecule has 2 heterocycles. The topological polar surface area (TPSA) is 84.0 Å². The van der Waals surface area contributed by atoms with Crippen LogP contribution in [0.3, 0.4) is 0 Å². The molecular formula is C18H24N2O5S. The zero-order chi connectivity index (χ0) is 18.7. The van der Waals surface area contributed by atoms with Crippen molar-refractivity contribution in [2.24, 2.45) is 0 Å². The van der Waals surface area contributed by atoms with Crippen molar-refractivity contribution in [3.8, 4) is 0 Å². The summed E-state index contributed by atoms with van der Waals surface area (Å²) >= 11 is 0.